The molecule has 0 atom stereocenters. The molecular formula is C9H8N2O2. The smallest absolute Gasteiger partial charge is 0.134 e. The molecular weight excluding hydrogens is 168 g/mol. The largest absolute Gasteiger partial charge is 0.487 e. The van der Waals surface area contributed by atoms with Crippen molar-refractivity contribution in [1.82, 2.24) is 10.1 Å². The van der Waals surface area contributed by atoms with Crippen LogP contribution in [0.15, 0.2) is 41.4 Å². The number of hydrogen-bond donors (Lipinski definition) is 0. The molecule has 2 heterocycles. The van der Waals surface area contributed by atoms with Gasteiger partial charge in [0.2, 0.25) is 0 Å². The number of pyridine rings is 1. The fraction of sp³-hybridized carbons (Fsp3) is 0.111. The lowest BCUT2D eigenvalue weighted by Crippen LogP contribution is -1.94. The molecule has 0 amide bonds. The van der Waals surface area contributed by atoms with Gasteiger partial charge < -0.3 is 9.26 Å². The van der Waals surface area contributed by atoms with Gasteiger partial charge in [-0.05, 0) is 12.1 Å². The van der Waals surface area contributed by atoms with Crippen LogP contribution in [0.4, 0.5) is 0 Å². The number of ether oxygens (including phenoxy) is 1. The van der Waals surface area contributed by atoms with E-state index in [1.54, 1.807) is 30.6 Å². The zero-order chi connectivity index (χ0) is 8.93. The number of nitrogens with zero attached hydrogens (tertiary/aromatic N) is 2. The number of rotatable bonds is 3. The van der Waals surface area contributed by atoms with Gasteiger partial charge >= 0.3 is 0 Å². The van der Waals surface area contributed by atoms with Crippen molar-refractivity contribution in [3.8, 4) is 5.75 Å². The summed E-state index contributed by atoms with van der Waals surface area (Å²) >= 11 is 0. The van der Waals surface area contributed by atoms with Gasteiger partial charge in [0.05, 0.1) is 0 Å². The van der Waals surface area contributed by atoms with E-state index in [9.17, 15) is 0 Å². The van der Waals surface area contributed by atoms with E-state index in [-0.39, 0.29) is 0 Å². The Kier molecular flexibility index (Phi) is 2.22. The van der Waals surface area contributed by atoms with E-state index >= 15 is 0 Å². The van der Waals surface area contributed by atoms with E-state index in [4.69, 9.17) is 4.74 Å². The van der Waals surface area contributed by atoms with E-state index in [2.05, 4.69) is 14.7 Å². The summed E-state index contributed by atoms with van der Waals surface area (Å²) in [6.07, 6.45) is 4.88. The Morgan fingerprint density at radius 3 is 2.77 bits per heavy atom. The van der Waals surface area contributed by atoms with Crippen LogP contribution in [-0.4, -0.2) is 10.1 Å². The normalized spacial score (nSPS) is 9.85. The molecule has 0 radical (unpaired) electrons. The summed E-state index contributed by atoms with van der Waals surface area (Å²) in [6.45, 7) is 0.417. The molecule has 0 spiro atoms. The van der Waals surface area contributed by atoms with Crippen molar-refractivity contribution in [2.24, 2.45) is 0 Å². The first-order chi connectivity index (χ1) is 6.45. The summed E-state index contributed by atoms with van der Waals surface area (Å²) < 4.78 is 10.0. The van der Waals surface area contributed by atoms with Crippen LogP contribution in [0.25, 0.3) is 0 Å². The highest BCUT2D eigenvalue weighted by molar-refractivity contribution is 5.17. The van der Waals surface area contributed by atoms with Gasteiger partial charge in [0.25, 0.3) is 0 Å². The first-order valence-corrected chi connectivity index (χ1v) is 3.87. The Labute approximate surface area is 75.2 Å². The summed E-state index contributed by atoms with van der Waals surface area (Å²) in [5, 5.41) is 3.72. The summed E-state index contributed by atoms with van der Waals surface area (Å²) in [5.74, 6) is 0.776. The summed E-state index contributed by atoms with van der Waals surface area (Å²) in [7, 11) is 0. The zero-order valence-electron chi connectivity index (χ0n) is 6.88. The third kappa shape index (κ3) is 2.05. The third-order valence-electron chi connectivity index (χ3n) is 1.53. The molecule has 2 aromatic heterocycles. The molecule has 0 aromatic carbocycles. The van der Waals surface area contributed by atoms with E-state index in [0.29, 0.717) is 6.61 Å². The first-order valence-electron chi connectivity index (χ1n) is 3.87. The minimum Gasteiger partial charge on any atom is -0.487 e. The van der Waals surface area contributed by atoms with Crippen molar-refractivity contribution in [2.45, 2.75) is 6.61 Å². The average molecular weight is 176 g/mol. The third-order valence-corrected chi connectivity index (χ3v) is 1.53. The minimum atomic E-state index is 0.417. The van der Waals surface area contributed by atoms with Gasteiger partial charge in [-0.15, -0.1) is 0 Å². The Hall–Kier alpha value is -1.84. The molecule has 2 rings (SSSR count). The standard InChI is InChI=1S/C9H8N2O2/c1-4-10-5-2-9(1)12-7-8-3-6-13-11-8/h1-6H,7H2. The fourth-order valence-corrected chi connectivity index (χ4v) is 0.904. The number of hydrogen-bond acceptors (Lipinski definition) is 4. The fourth-order valence-electron chi connectivity index (χ4n) is 0.904. The van der Waals surface area contributed by atoms with E-state index in [0.717, 1.165) is 11.4 Å². The molecule has 13 heavy (non-hydrogen) atoms. The summed E-state index contributed by atoms with van der Waals surface area (Å²) in [5.41, 5.74) is 0.775. The van der Waals surface area contributed by atoms with E-state index < -0.39 is 0 Å². The Morgan fingerprint density at radius 1 is 1.23 bits per heavy atom. The highest BCUT2D eigenvalue weighted by atomic mass is 16.5. The molecule has 0 saturated heterocycles. The van der Waals surface area contributed by atoms with Gasteiger partial charge in [0.15, 0.2) is 0 Å². The molecule has 2 aromatic rings. The second kappa shape index (κ2) is 3.71. The molecule has 0 aliphatic heterocycles. The molecule has 4 nitrogen and oxygen atoms in total. The van der Waals surface area contributed by atoms with Gasteiger partial charge in [0.1, 0.15) is 24.3 Å². The zero-order valence-corrected chi connectivity index (χ0v) is 6.88. The highest BCUT2D eigenvalue weighted by Crippen LogP contribution is 2.08. The topological polar surface area (TPSA) is 48.2 Å². The van der Waals surface area contributed by atoms with Gasteiger partial charge in [-0.25, -0.2) is 0 Å². The molecule has 0 aliphatic rings. The van der Waals surface area contributed by atoms with E-state index in [1.807, 2.05) is 0 Å². The Bertz CT molecular complexity index is 345. The van der Waals surface area contributed by atoms with Crippen molar-refractivity contribution in [3.63, 3.8) is 0 Å². The van der Waals surface area contributed by atoms with Crippen LogP contribution in [0.2, 0.25) is 0 Å². The Morgan fingerprint density at radius 2 is 2.08 bits per heavy atom. The van der Waals surface area contributed by atoms with E-state index in [1.165, 1.54) is 6.26 Å². The monoisotopic (exact) mass is 176 g/mol. The predicted octanol–water partition coefficient (Wildman–Crippen LogP) is 1.65. The lowest BCUT2D eigenvalue weighted by molar-refractivity contribution is 0.289. The van der Waals surface area contributed by atoms with Crippen molar-refractivity contribution in [1.29, 1.82) is 0 Å². The SMILES string of the molecule is c1cc(OCc2ccon2)ccn1. The summed E-state index contributed by atoms with van der Waals surface area (Å²) in [6, 6.07) is 5.35. The van der Waals surface area contributed by atoms with Gasteiger partial charge in [0, 0.05) is 18.5 Å². The molecule has 0 fully saturated rings. The molecule has 0 aliphatic carbocycles. The average Bonchev–Trinajstić information content (AvgIpc) is 2.69. The summed E-state index contributed by atoms with van der Waals surface area (Å²) in [4.78, 5) is 3.88. The second-order valence-corrected chi connectivity index (χ2v) is 2.46. The highest BCUT2D eigenvalue weighted by Gasteiger charge is 1.96. The molecule has 4 heteroatoms. The molecule has 0 unspecified atom stereocenters. The molecule has 0 bridgehead atoms. The molecule has 66 valence electrons. The second-order valence-electron chi connectivity index (χ2n) is 2.46. The quantitative estimate of drug-likeness (QED) is 0.713. The lowest BCUT2D eigenvalue weighted by Gasteiger charge is -2.01. The van der Waals surface area contributed by atoms with Gasteiger partial charge in [-0.1, -0.05) is 5.16 Å². The van der Waals surface area contributed by atoms with Crippen molar-refractivity contribution in [3.05, 3.63) is 42.5 Å². The molecule has 0 saturated carbocycles. The lowest BCUT2D eigenvalue weighted by atomic mass is 10.4. The minimum absolute atomic E-state index is 0.417. The predicted molar refractivity (Wildman–Crippen MR) is 45.1 cm³/mol. The van der Waals surface area contributed by atoms with Crippen LogP contribution in [-0.2, 0) is 6.61 Å². The van der Waals surface area contributed by atoms with Crippen LogP contribution >= 0.6 is 0 Å². The van der Waals surface area contributed by atoms with Crippen molar-refractivity contribution >= 4 is 0 Å². The van der Waals surface area contributed by atoms with Crippen LogP contribution in [0.1, 0.15) is 5.69 Å². The maximum atomic E-state index is 5.39. The van der Waals surface area contributed by atoms with Gasteiger partial charge in [-0.3, -0.25) is 4.98 Å². The number of aromatic nitrogens is 2. The van der Waals surface area contributed by atoms with Crippen molar-refractivity contribution < 1.29 is 9.26 Å². The first kappa shape index (κ1) is 7.79. The maximum absolute atomic E-state index is 5.39. The van der Waals surface area contributed by atoms with Gasteiger partial charge in [-0.2, -0.15) is 0 Å². The van der Waals surface area contributed by atoms with Crippen molar-refractivity contribution in [2.75, 3.05) is 0 Å². The van der Waals surface area contributed by atoms with Crippen LogP contribution in [0.5, 0.6) is 5.75 Å². The van der Waals surface area contributed by atoms with Crippen LogP contribution in [0, 0.1) is 0 Å². The Balaban J connectivity index is 1.94. The maximum Gasteiger partial charge on any atom is 0.134 e. The van der Waals surface area contributed by atoms with Crippen LogP contribution < -0.4 is 4.74 Å². The molecule has 0 N–H and O–H groups in total. The van der Waals surface area contributed by atoms with Crippen LogP contribution in [0.3, 0.4) is 0 Å².